The van der Waals surface area contributed by atoms with Gasteiger partial charge in [0.2, 0.25) is 17.9 Å². The van der Waals surface area contributed by atoms with Gasteiger partial charge in [0.1, 0.15) is 36.6 Å². The average Bonchev–Trinajstić information content (AvgIpc) is 3.83. The highest BCUT2D eigenvalue weighted by Gasteiger charge is 2.55. The van der Waals surface area contributed by atoms with Gasteiger partial charge in [-0.05, 0) is 75.1 Å². The van der Waals surface area contributed by atoms with Gasteiger partial charge in [0.15, 0.2) is 5.79 Å². The third-order valence-corrected chi connectivity index (χ3v) is 10.8. The van der Waals surface area contributed by atoms with E-state index in [0.29, 0.717) is 18.4 Å². The number of ether oxygens (including phenoxy) is 6. The highest BCUT2D eigenvalue weighted by Crippen LogP contribution is 2.45. The smallest absolute Gasteiger partial charge is 0.348 e. The van der Waals surface area contributed by atoms with E-state index in [1.165, 1.54) is 31.2 Å². The normalized spacial score (nSPS) is 23.8. The number of esters is 4. The summed E-state index contributed by atoms with van der Waals surface area (Å²) in [6.45, 7) is 9.65. The first-order valence-corrected chi connectivity index (χ1v) is 20.4. The minimum Gasteiger partial charge on any atom is -0.462 e. The van der Waals surface area contributed by atoms with Gasteiger partial charge in [-0.2, -0.15) is 0 Å². The molecule has 0 aromatic heterocycles. The minimum atomic E-state index is -1.46. The lowest BCUT2D eigenvalue weighted by atomic mass is 9.90. The number of rotatable bonds is 14. The number of nitrogens with one attached hydrogen (secondary N) is 2. The fourth-order valence-electron chi connectivity index (χ4n) is 7.68. The molecule has 16 nitrogen and oxygen atoms in total. The summed E-state index contributed by atoms with van der Waals surface area (Å²) < 4.78 is 34.8. The predicted molar refractivity (Wildman–Crippen MR) is 216 cm³/mol. The SMILES string of the molecule is C[C@H](O)[C@@H](NC(=O)C1=C[C@H]2OC3(Cc4ccccc4C3)O[C@H]2[C@H](OC(=O)c2ccc(C=CC(=O)O[C@H]3C(=O)OCC3(C)C)cc2)C1)C(=O)N[C@H](CO)CCC(=O)OC(C)(C)C. The molecule has 2 aliphatic carbocycles. The van der Waals surface area contributed by atoms with E-state index in [-0.39, 0.29) is 37.0 Å². The molecular formula is C45H54N2O14. The number of hydrogen-bond acceptors (Lipinski definition) is 14. The van der Waals surface area contributed by atoms with Crippen molar-refractivity contribution in [1.29, 1.82) is 0 Å². The number of cyclic esters (lactones) is 1. The van der Waals surface area contributed by atoms with Crippen molar-refractivity contribution in [3.05, 3.63) is 88.5 Å². The quantitative estimate of drug-likeness (QED) is 0.122. The molecule has 16 heteroatoms. The number of amides is 2. The van der Waals surface area contributed by atoms with Crippen LogP contribution in [0.4, 0.5) is 0 Å². The maximum absolute atomic E-state index is 13.9. The fraction of sp³-hybridized carbons (Fsp3) is 0.511. The van der Waals surface area contributed by atoms with Crippen molar-refractivity contribution in [3.8, 4) is 0 Å². The molecule has 0 radical (unpaired) electrons. The Bertz CT molecular complexity index is 2040. The van der Waals surface area contributed by atoms with E-state index in [1.54, 1.807) is 52.8 Å². The van der Waals surface area contributed by atoms with Crippen molar-refractivity contribution in [2.75, 3.05) is 13.2 Å². The lowest BCUT2D eigenvalue weighted by Gasteiger charge is -2.31. The molecule has 4 N–H and O–H groups in total. The molecule has 0 saturated carbocycles. The highest BCUT2D eigenvalue weighted by molar-refractivity contribution is 5.98. The highest BCUT2D eigenvalue weighted by atomic mass is 16.8. The van der Waals surface area contributed by atoms with Crippen LogP contribution in [0.3, 0.4) is 0 Å². The van der Waals surface area contributed by atoms with Gasteiger partial charge in [0.25, 0.3) is 0 Å². The van der Waals surface area contributed by atoms with Crippen LogP contribution in [0.2, 0.25) is 0 Å². The largest absolute Gasteiger partial charge is 0.462 e. The molecule has 2 saturated heterocycles. The number of aliphatic hydroxyl groups excluding tert-OH is 2. The molecule has 2 aromatic carbocycles. The molecule has 2 aliphatic heterocycles. The molecule has 0 unspecified atom stereocenters. The average molecular weight is 847 g/mol. The van der Waals surface area contributed by atoms with Gasteiger partial charge in [-0.1, -0.05) is 50.2 Å². The van der Waals surface area contributed by atoms with Crippen LogP contribution in [0, 0.1) is 5.41 Å². The van der Waals surface area contributed by atoms with E-state index in [0.717, 1.165) is 11.1 Å². The van der Waals surface area contributed by atoms with Gasteiger partial charge in [0, 0.05) is 42.7 Å². The van der Waals surface area contributed by atoms with E-state index in [2.05, 4.69) is 10.6 Å². The van der Waals surface area contributed by atoms with E-state index >= 15 is 0 Å². The third-order valence-electron chi connectivity index (χ3n) is 10.8. The summed E-state index contributed by atoms with van der Waals surface area (Å²) in [6, 6.07) is 11.7. The molecule has 61 heavy (non-hydrogen) atoms. The topological polar surface area (TPSA) is 222 Å². The van der Waals surface area contributed by atoms with Crippen LogP contribution in [0.15, 0.2) is 66.3 Å². The van der Waals surface area contributed by atoms with Crippen molar-refractivity contribution in [2.45, 2.75) is 128 Å². The fourth-order valence-corrected chi connectivity index (χ4v) is 7.68. The number of benzene rings is 2. The van der Waals surface area contributed by atoms with Gasteiger partial charge in [-0.25, -0.2) is 14.4 Å². The lowest BCUT2D eigenvalue weighted by molar-refractivity contribution is -0.172. The Hall–Kier alpha value is -5.42. The molecule has 328 valence electrons. The first-order valence-electron chi connectivity index (χ1n) is 20.4. The molecular weight excluding hydrogens is 792 g/mol. The second-order valence-corrected chi connectivity index (χ2v) is 17.6. The summed E-state index contributed by atoms with van der Waals surface area (Å²) in [5.41, 5.74) is 1.57. The molecule has 2 amide bonds. The number of aliphatic hydroxyl groups is 2. The molecule has 7 atom stereocenters. The Morgan fingerprint density at radius 2 is 1.64 bits per heavy atom. The van der Waals surface area contributed by atoms with Crippen molar-refractivity contribution < 1.29 is 67.4 Å². The lowest BCUT2D eigenvalue weighted by Crippen LogP contribution is -2.55. The second-order valence-electron chi connectivity index (χ2n) is 17.6. The standard InChI is InChI=1S/C45H54N2O14/c1-25(49)36(40(53)46-31(23-48)16-18-35(51)60-43(2,3)4)47-39(52)30-19-32(37-33(20-30)59-45(61-37)21-28-9-7-8-10-29(28)22-45)57-41(54)27-14-11-26(12-15-27)13-17-34(50)58-38-42(55)56-24-44(38,5)6/h7-15,17,20,25,31-33,36-38,48-49H,16,18-19,21-24H2,1-6H3,(H,46,53)(H,47,52)/t25-,31-,32+,33+,36+,37-,38-/m0/s1. The Kier molecular flexibility index (Phi) is 13.5. The zero-order valence-electron chi connectivity index (χ0n) is 35.1. The first-order chi connectivity index (χ1) is 28.7. The summed E-state index contributed by atoms with van der Waals surface area (Å²) >= 11 is 0. The zero-order chi connectivity index (χ0) is 44.3. The van der Waals surface area contributed by atoms with Gasteiger partial charge in [-0.3, -0.25) is 14.4 Å². The molecule has 2 aromatic rings. The van der Waals surface area contributed by atoms with Gasteiger partial charge < -0.3 is 49.3 Å². The van der Waals surface area contributed by atoms with Crippen molar-refractivity contribution in [2.24, 2.45) is 5.41 Å². The summed E-state index contributed by atoms with van der Waals surface area (Å²) in [5, 5.41) is 25.7. The van der Waals surface area contributed by atoms with E-state index < -0.39 is 102 Å². The van der Waals surface area contributed by atoms with Gasteiger partial charge in [0.05, 0.1) is 24.3 Å². The van der Waals surface area contributed by atoms with E-state index in [4.69, 9.17) is 28.4 Å². The minimum absolute atomic E-state index is 0.0499. The van der Waals surface area contributed by atoms with Gasteiger partial charge >= 0.3 is 23.9 Å². The van der Waals surface area contributed by atoms with Crippen LogP contribution >= 0.6 is 0 Å². The molecule has 6 rings (SSSR count). The number of fused-ring (bicyclic) bond motifs is 2. The van der Waals surface area contributed by atoms with Crippen molar-refractivity contribution in [1.82, 2.24) is 10.6 Å². The Morgan fingerprint density at radius 1 is 0.967 bits per heavy atom. The molecule has 2 fully saturated rings. The Balaban J connectivity index is 1.14. The summed E-state index contributed by atoms with van der Waals surface area (Å²) in [5.74, 6) is -5.15. The monoisotopic (exact) mass is 846 g/mol. The number of carbonyl (C=O) groups excluding carboxylic acids is 6. The van der Waals surface area contributed by atoms with Crippen LogP contribution in [-0.2, 0) is 65.2 Å². The number of hydrogen-bond donors (Lipinski definition) is 4. The third kappa shape index (κ3) is 11.1. The molecule has 0 bridgehead atoms. The summed E-state index contributed by atoms with van der Waals surface area (Å²) in [4.78, 5) is 77.7. The Labute approximate surface area is 353 Å². The molecule has 1 spiro atoms. The van der Waals surface area contributed by atoms with Crippen molar-refractivity contribution >= 4 is 41.8 Å². The van der Waals surface area contributed by atoms with E-state index in [9.17, 15) is 39.0 Å². The van der Waals surface area contributed by atoms with Crippen LogP contribution in [0.25, 0.3) is 6.08 Å². The Morgan fingerprint density at radius 3 is 2.23 bits per heavy atom. The van der Waals surface area contributed by atoms with Gasteiger partial charge in [-0.15, -0.1) is 0 Å². The van der Waals surface area contributed by atoms with Crippen molar-refractivity contribution in [3.63, 3.8) is 0 Å². The molecule has 4 aliphatic rings. The summed E-state index contributed by atoms with van der Waals surface area (Å²) in [6.07, 6.45) is -0.0898. The van der Waals surface area contributed by atoms with E-state index in [1.807, 2.05) is 24.3 Å². The zero-order valence-corrected chi connectivity index (χ0v) is 35.1. The molecule has 2 heterocycles. The maximum Gasteiger partial charge on any atom is 0.348 e. The van der Waals surface area contributed by atoms with Crippen LogP contribution in [0.5, 0.6) is 0 Å². The maximum atomic E-state index is 13.9. The second kappa shape index (κ2) is 18.3. The van der Waals surface area contributed by atoms with Crippen LogP contribution < -0.4 is 10.6 Å². The van der Waals surface area contributed by atoms with Crippen LogP contribution in [0.1, 0.15) is 87.9 Å². The first kappa shape index (κ1) is 45.1. The number of carbonyl (C=O) groups is 6. The predicted octanol–water partition coefficient (Wildman–Crippen LogP) is 2.79. The van der Waals surface area contributed by atoms with Crippen LogP contribution in [-0.4, -0.2) is 113 Å². The summed E-state index contributed by atoms with van der Waals surface area (Å²) in [7, 11) is 0.